The fraction of sp³-hybridized carbons (Fsp3) is 0.647. The summed E-state index contributed by atoms with van der Waals surface area (Å²) < 4.78 is 0. The van der Waals surface area contributed by atoms with Crippen LogP contribution in [0.3, 0.4) is 0 Å². The predicted octanol–water partition coefficient (Wildman–Crippen LogP) is 2.56. The largest absolute Gasteiger partial charge is 0.395 e. The Morgan fingerprint density at radius 1 is 1.30 bits per heavy atom. The van der Waals surface area contributed by atoms with E-state index >= 15 is 0 Å². The van der Waals surface area contributed by atoms with E-state index in [-0.39, 0.29) is 23.3 Å². The molecule has 0 aliphatic carbocycles. The zero-order valence-corrected chi connectivity index (χ0v) is 13.9. The van der Waals surface area contributed by atoms with Crippen LogP contribution in [0.2, 0.25) is 0 Å². The topological polar surface area (TPSA) is 78.6 Å². The van der Waals surface area contributed by atoms with Gasteiger partial charge in [-0.25, -0.2) is 0 Å². The minimum absolute atomic E-state index is 0.129. The van der Waals surface area contributed by atoms with Gasteiger partial charge in [-0.15, -0.1) is 0 Å². The number of piperidine rings is 1. The van der Waals surface area contributed by atoms with E-state index in [0.29, 0.717) is 12.0 Å². The number of hydrogen-bond donors (Lipinski definition) is 2. The van der Waals surface area contributed by atoms with Crippen LogP contribution in [-0.2, 0) is 0 Å². The number of nitro benzene ring substituents is 1. The van der Waals surface area contributed by atoms with E-state index in [1.807, 2.05) is 12.1 Å². The molecule has 0 saturated carbocycles. The van der Waals surface area contributed by atoms with Crippen LogP contribution in [0.1, 0.15) is 33.1 Å². The summed E-state index contributed by atoms with van der Waals surface area (Å²) in [5, 5.41) is 23.7. The van der Waals surface area contributed by atoms with Crippen LogP contribution in [0.4, 0.5) is 11.4 Å². The Morgan fingerprint density at radius 2 is 1.91 bits per heavy atom. The summed E-state index contributed by atoms with van der Waals surface area (Å²) in [7, 11) is 0. The van der Waals surface area contributed by atoms with Gasteiger partial charge >= 0.3 is 0 Å². The number of aliphatic hydroxyl groups is 1. The standard InChI is InChI=1S/C17H27N3O3/c1-13(2)11-15(12-21)18-14-7-9-19(10-8-14)16-3-5-17(6-4-16)20(22)23/h3-6,13-15,18,21H,7-12H2,1-2H3. The van der Waals surface area contributed by atoms with Crippen molar-refractivity contribution < 1.29 is 10.0 Å². The lowest BCUT2D eigenvalue weighted by Gasteiger charge is -2.36. The number of anilines is 1. The first-order valence-corrected chi connectivity index (χ1v) is 8.36. The smallest absolute Gasteiger partial charge is 0.269 e. The zero-order chi connectivity index (χ0) is 16.8. The Labute approximate surface area is 137 Å². The Morgan fingerprint density at radius 3 is 2.39 bits per heavy atom. The third-order valence-corrected chi connectivity index (χ3v) is 4.37. The molecule has 1 unspecified atom stereocenters. The Kier molecular flexibility index (Phi) is 6.36. The molecule has 0 aromatic heterocycles. The molecular weight excluding hydrogens is 294 g/mol. The molecule has 2 rings (SSSR count). The average Bonchev–Trinajstić information content (AvgIpc) is 2.54. The monoisotopic (exact) mass is 321 g/mol. The van der Waals surface area contributed by atoms with Crippen molar-refractivity contribution in [2.24, 2.45) is 5.92 Å². The van der Waals surface area contributed by atoms with Crippen LogP contribution >= 0.6 is 0 Å². The number of rotatable bonds is 7. The summed E-state index contributed by atoms with van der Waals surface area (Å²) in [6.07, 6.45) is 3.02. The molecular formula is C17H27N3O3. The molecule has 1 atom stereocenters. The van der Waals surface area contributed by atoms with Gasteiger partial charge in [0.2, 0.25) is 0 Å². The summed E-state index contributed by atoms with van der Waals surface area (Å²) in [5.74, 6) is 0.569. The van der Waals surface area contributed by atoms with Crippen LogP contribution in [0.5, 0.6) is 0 Å². The molecule has 2 N–H and O–H groups in total. The van der Waals surface area contributed by atoms with Gasteiger partial charge < -0.3 is 15.3 Å². The molecule has 1 fully saturated rings. The molecule has 6 nitrogen and oxygen atoms in total. The van der Waals surface area contributed by atoms with Gasteiger partial charge in [-0.2, -0.15) is 0 Å². The van der Waals surface area contributed by atoms with Crippen LogP contribution in [0.15, 0.2) is 24.3 Å². The van der Waals surface area contributed by atoms with Crippen molar-refractivity contribution in [3.05, 3.63) is 34.4 Å². The van der Waals surface area contributed by atoms with E-state index in [9.17, 15) is 15.2 Å². The first kappa shape index (κ1) is 17.7. The average molecular weight is 321 g/mol. The number of non-ortho nitro benzene ring substituents is 1. The highest BCUT2D eigenvalue weighted by atomic mass is 16.6. The summed E-state index contributed by atoms with van der Waals surface area (Å²) in [6.45, 7) is 6.37. The number of benzene rings is 1. The second kappa shape index (κ2) is 8.26. The van der Waals surface area contributed by atoms with E-state index in [4.69, 9.17) is 0 Å². The highest BCUT2D eigenvalue weighted by Crippen LogP contribution is 2.23. The maximum Gasteiger partial charge on any atom is 0.269 e. The molecule has 128 valence electrons. The van der Waals surface area contributed by atoms with Gasteiger partial charge in [-0.3, -0.25) is 10.1 Å². The maximum absolute atomic E-state index is 10.7. The molecule has 1 aromatic rings. The normalized spacial score (nSPS) is 17.5. The third kappa shape index (κ3) is 5.18. The van der Waals surface area contributed by atoms with E-state index in [1.165, 1.54) is 0 Å². The number of nitrogens with zero attached hydrogens (tertiary/aromatic N) is 2. The van der Waals surface area contributed by atoms with Gasteiger partial charge in [0.05, 0.1) is 11.5 Å². The molecule has 1 aliphatic heterocycles. The molecule has 0 spiro atoms. The molecule has 1 aliphatic rings. The van der Waals surface area contributed by atoms with Crippen LogP contribution in [0, 0.1) is 16.0 Å². The molecule has 0 radical (unpaired) electrons. The van der Waals surface area contributed by atoms with Gasteiger partial charge in [0.15, 0.2) is 0 Å². The van der Waals surface area contributed by atoms with Crippen molar-refractivity contribution in [1.29, 1.82) is 0 Å². The zero-order valence-electron chi connectivity index (χ0n) is 13.9. The number of nitrogens with one attached hydrogen (secondary N) is 1. The van der Waals surface area contributed by atoms with E-state index in [1.54, 1.807) is 12.1 Å². The van der Waals surface area contributed by atoms with Gasteiger partial charge in [0.1, 0.15) is 0 Å². The molecule has 1 heterocycles. The Balaban J connectivity index is 1.84. The molecule has 1 aromatic carbocycles. The van der Waals surface area contributed by atoms with Gasteiger partial charge in [0, 0.05) is 43.0 Å². The third-order valence-electron chi connectivity index (χ3n) is 4.37. The van der Waals surface area contributed by atoms with E-state index in [0.717, 1.165) is 38.0 Å². The summed E-state index contributed by atoms with van der Waals surface area (Å²) in [6, 6.07) is 7.36. The van der Waals surface area contributed by atoms with Crippen molar-refractivity contribution in [2.75, 3.05) is 24.6 Å². The quantitative estimate of drug-likeness (QED) is 0.596. The lowest BCUT2D eigenvalue weighted by molar-refractivity contribution is -0.384. The summed E-state index contributed by atoms with van der Waals surface area (Å²) in [4.78, 5) is 12.6. The van der Waals surface area contributed by atoms with Gasteiger partial charge in [0.25, 0.3) is 5.69 Å². The Hall–Kier alpha value is -1.66. The Bertz CT molecular complexity index is 496. The van der Waals surface area contributed by atoms with E-state index < -0.39 is 0 Å². The molecule has 1 saturated heterocycles. The van der Waals surface area contributed by atoms with E-state index in [2.05, 4.69) is 24.1 Å². The number of nitro groups is 1. The lowest BCUT2D eigenvalue weighted by Crippen LogP contribution is -2.47. The van der Waals surface area contributed by atoms with Crippen molar-refractivity contribution in [1.82, 2.24) is 5.32 Å². The van der Waals surface area contributed by atoms with Gasteiger partial charge in [-0.05, 0) is 37.3 Å². The number of hydrogen-bond acceptors (Lipinski definition) is 5. The fourth-order valence-electron chi connectivity index (χ4n) is 3.19. The van der Waals surface area contributed by atoms with Crippen molar-refractivity contribution in [2.45, 2.75) is 45.2 Å². The SMILES string of the molecule is CC(C)CC(CO)NC1CCN(c2ccc([N+](=O)[O-])cc2)CC1. The fourth-order valence-corrected chi connectivity index (χ4v) is 3.19. The molecule has 0 bridgehead atoms. The molecule has 0 amide bonds. The maximum atomic E-state index is 10.7. The van der Waals surface area contributed by atoms with Crippen LogP contribution in [-0.4, -0.2) is 41.8 Å². The minimum Gasteiger partial charge on any atom is -0.395 e. The summed E-state index contributed by atoms with van der Waals surface area (Å²) >= 11 is 0. The van der Waals surface area contributed by atoms with Crippen LogP contribution < -0.4 is 10.2 Å². The molecule has 23 heavy (non-hydrogen) atoms. The van der Waals surface area contributed by atoms with Crippen molar-refractivity contribution in [3.63, 3.8) is 0 Å². The lowest BCUT2D eigenvalue weighted by atomic mass is 9.99. The first-order valence-electron chi connectivity index (χ1n) is 8.36. The predicted molar refractivity (Wildman–Crippen MR) is 91.8 cm³/mol. The second-order valence-corrected chi connectivity index (χ2v) is 6.71. The second-order valence-electron chi connectivity index (χ2n) is 6.71. The highest BCUT2D eigenvalue weighted by molar-refractivity contribution is 5.51. The highest BCUT2D eigenvalue weighted by Gasteiger charge is 2.22. The summed E-state index contributed by atoms with van der Waals surface area (Å²) in [5.41, 5.74) is 1.17. The first-order chi connectivity index (χ1) is 11.0. The molecule has 6 heteroatoms. The van der Waals surface area contributed by atoms with Crippen molar-refractivity contribution in [3.8, 4) is 0 Å². The van der Waals surface area contributed by atoms with Crippen molar-refractivity contribution >= 4 is 11.4 Å². The van der Waals surface area contributed by atoms with Gasteiger partial charge in [-0.1, -0.05) is 13.8 Å². The number of aliphatic hydroxyl groups excluding tert-OH is 1. The minimum atomic E-state index is -0.371. The van der Waals surface area contributed by atoms with Crippen LogP contribution in [0.25, 0.3) is 0 Å².